The van der Waals surface area contributed by atoms with Gasteiger partial charge in [-0.3, -0.25) is 0 Å². The number of hydrogen-bond donors (Lipinski definition) is 0. The van der Waals surface area contributed by atoms with E-state index >= 15 is 0 Å². The van der Waals surface area contributed by atoms with Crippen LogP contribution in [0, 0.1) is 17.3 Å². The van der Waals surface area contributed by atoms with Crippen molar-refractivity contribution in [1.29, 1.82) is 0 Å². The normalized spacial score (nSPS) is 29.5. The van der Waals surface area contributed by atoms with Crippen LogP contribution in [0.5, 0.6) is 0 Å². The molecule has 1 fully saturated rings. The van der Waals surface area contributed by atoms with Gasteiger partial charge in [-0.2, -0.15) is 0 Å². The molecular formula is C24H40O. The van der Waals surface area contributed by atoms with E-state index in [-0.39, 0.29) is 5.41 Å². The first-order valence-electron chi connectivity index (χ1n) is 10.8. The van der Waals surface area contributed by atoms with Gasteiger partial charge in [0.05, 0.1) is 6.61 Å². The van der Waals surface area contributed by atoms with Crippen molar-refractivity contribution in [2.24, 2.45) is 17.3 Å². The Labute approximate surface area is 156 Å². The minimum atomic E-state index is 0.270. The average molecular weight is 345 g/mol. The fourth-order valence-electron chi connectivity index (χ4n) is 4.45. The molecule has 0 radical (unpaired) electrons. The summed E-state index contributed by atoms with van der Waals surface area (Å²) >= 11 is 0. The molecule has 0 aromatic rings. The van der Waals surface area contributed by atoms with E-state index in [1.54, 1.807) is 0 Å². The van der Waals surface area contributed by atoms with Crippen LogP contribution in [0.15, 0.2) is 36.5 Å². The summed E-state index contributed by atoms with van der Waals surface area (Å²) in [5.74, 6) is 1.85. The average Bonchev–Trinajstić information content (AvgIpc) is 2.65. The molecule has 2 rings (SSSR count). The van der Waals surface area contributed by atoms with Gasteiger partial charge in [-0.15, -0.1) is 0 Å². The van der Waals surface area contributed by atoms with Crippen LogP contribution in [0.1, 0.15) is 84.5 Å². The van der Waals surface area contributed by atoms with Crippen LogP contribution in [0.25, 0.3) is 0 Å². The first-order valence-corrected chi connectivity index (χ1v) is 10.8. The van der Waals surface area contributed by atoms with Gasteiger partial charge in [-0.1, -0.05) is 69.1 Å². The van der Waals surface area contributed by atoms with Crippen molar-refractivity contribution in [3.8, 4) is 0 Å². The maximum Gasteiger partial charge on any atom is 0.0560 e. The van der Waals surface area contributed by atoms with Crippen molar-refractivity contribution in [2.75, 3.05) is 13.2 Å². The van der Waals surface area contributed by atoms with Crippen LogP contribution in [-0.4, -0.2) is 13.2 Å². The zero-order valence-electron chi connectivity index (χ0n) is 16.7. The molecule has 0 aromatic carbocycles. The highest BCUT2D eigenvalue weighted by molar-refractivity contribution is 5.16. The van der Waals surface area contributed by atoms with E-state index in [0.717, 1.165) is 31.5 Å². The summed E-state index contributed by atoms with van der Waals surface area (Å²) < 4.78 is 6.01. The summed E-state index contributed by atoms with van der Waals surface area (Å²) in [5, 5.41) is 0. The highest BCUT2D eigenvalue weighted by atomic mass is 16.5. The molecule has 0 saturated heterocycles. The molecule has 0 bridgehead atoms. The highest BCUT2D eigenvalue weighted by Gasteiger charge is 2.27. The van der Waals surface area contributed by atoms with Crippen molar-refractivity contribution in [1.82, 2.24) is 0 Å². The molecule has 1 atom stereocenters. The van der Waals surface area contributed by atoms with Crippen LogP contribution in [-0.2, 0) is 4.74 Å². The molecular weight excluding hydrogens is 304 g/mol. The van der Waals surface area contributed by atoms with Gasteiger partial charge >= 0.3 is 0 Å². The Kier molecular flexibility index (Phi) is 9.61. The Morgan fingerprint density at radius 1 is 1.08 bits per heavy atom. The molecule has 1 heteroatoms. The SMILES string of the molecule is CC=CC1CCC(CCCCC2(COCCCC)C=CC=CC2)CC1. The molecule has 0 aliphatic heterocycles. The smallest absolute Gasteiger partial charge is 0.0560 e. The van der Waals surface area contributed by atoms with Crippen molar-refractivity contribution < 1.29 is 4.74 Å². The molecule has 25 heavy (non-hydrogen) atoms. The Bertz CT molecular complexity index is 425. The van der Waals surface area contributed by atoms with Crippen LogP contribution >= 0.6 is 0 Å². The molecule has 0 amide bonds. The molecule has 2 aliphatic carbocycles. The quantitative estimate of drug-likeness (QED) is 0.283. The molecule has 1 saturated carbocycles. The lowest BCUT2D eigenvalue weighted by atomic mass is 9.76. The second-order valence-corrected chi connectivity index (χ2v) is 8.31. The lowest BCUT2D eigenvalue weighted by molar-refractivity contribution is 0.0606. The second-order valence-electron chi connectivity index (χ2n) is 8.31. The van der Waals surface area contributed by atoms with E-state index in [1.807, 2.05) is 0 Å². The van der Waals surface area contributed by atoms with Gasteiger partial charge in [0.2, 0.25) is 0 Å². The zero-order valence-corrected chi connectivity index (χ0v) is 16.7. The molecule has 2 aliphatic rings. The lowest BCUT2D eigenvalue weighted by Crippen LogP contribution is -2.26. The number of hydrogen-bond acceptors (Lipinski definition) is 1. The lowest BCUT2D eigenvalue weighted by Gasteiger charge is -2.32. The van der Waals surface area contributed by atoms with Gasteiger partial charge in [0.1, 0.15) is 0 Å². The Morgan fingerprint density at radius 3 is 2.60 bits per heavy atom. The van der Waals surface area contributed by atoms with Crippen LogP contribution < -0.4 is 0 Å². The van der Waals surface area contributed by atoms with Crippen molar-refractivity contribution in [3.05, 3.63) is 36.5 Å². The third kappa shape index (κ3) is 7.52. The van der Waals surface area contributed by atoms with E-state index in [2.05, 4.69) is 50.3 Å². The summed E-state index contributed by atoms with van der Waals surface area (Å²) in [4.78, 5) is 0. The minimum Gasteiger partial charge on any atom is -0.381 e. The highest BCUT2D eigenvalue weighted by Crippen LogP contribution is 2.36. The fourth-order valence-corrected chi connectivity index (χ4v) is 4.45. The first-order chi connectivity index (χ1) is 12.3. The van der Waals surface area contributed by atoms with E-state index in [4.69, 9.17) is 4.74 Å². The molecule has 142 valence electrons. The van der Waals surface area contributed by atoms with Crippen LogP contribution in [0.3, 0.4) is 0 Å². The maximum atomic E-state index is 6.01. The van der Waals surface area contributed by atoms with Crippen LogP contribution in [0.2, 0.25) is 0 Å². The Morgan fingerprint density at radius 2 is 1.92 bits per heavy atom. The molecule has 0 aromatic heterocycles. The van der Waals surface area contributed by atoms with Crippen molar-refractivity contribution >= 4 is 0 Å². The maximum absolute atomic E-state index is 6.01. The number of ether oxygens (including phenoxy) is 1. The minimum absolute atomic E-state index is 0.270. The Balaban J connectivity index is 1.65. The van der Waals surface area contributed by atoms with Crippen molar-refractivity contribution in [2.45, 2.75) is 84.5 Å². The summed E-state index contributed by atoms with van der Waals surface area (Å²) in [6, 6.07) is 0. The predicted octanol–water partition coefficient (Wildman–Crippen LogP) is 7.25. The molecule has 0 heterocycles. The second kappa shape index (κ2) is 11.7. The number of rotatable bonds is 11. The van der Waals surface area contributed by atoms with Crippen molar-refractivity contribution in [3.63, 3.8) is 0 Å². The predicted molar refractivity (Wildman–Crippen MR) is 110 cm³/mol. The molecule has 1 nitrogen and oxygen atoms in total. The fraction of sp³-hybridized carbons (Fsp3) is 0.750. The number of unbranched alkanes of at least 4 members (excludes halogenated alkanes) is 2. The molecule has 1 unspecified atom stereocenters. The van der Waals surface area contributed by atoms with E-state index in [0.29, 0.717) is 0 Å². The van der Waals surface area contributed by atoms with E-state index in [9.17, 15) is 0 Å². The largest absolute Gasteiger partial charge is 0.381 e. The van der Waals surface area contributed by atoms with E-state index in [1.165, 1.54) is 64.2 Å². The Hall–Kier alpha value is -0.820. The summed E-state index contributed by atoms with van der Waals surface area (Å²) in [5.41, 5.74) is 0.270. The zero-order chi connectivity index (χ0) is 17.8. The number of allylic oxidation sites excluding steroid dienone is 5. The van der Waals surface area contributed by atoms with Gasteiger partial charge in [0.25, 0.3) is 0 Å². The first kappa shape index (κ1) is 20.5. The van der Waals surface area contributed by atoms with Gasteiger partial charge in [-0.25, -0.2) is 0 Å². The summed E-state index contributed by atoms with van der Waals surface area (Å²) in [6.45, 7) is 6.21. The topological polar surface area (TPSA) is 9.23 Å². The van der Waals surface area contributed by atoms with Gasteiger partial charge in [0.15, 0.2) is 0 Å². The monoisotopic (exact) mass is 344 g/mol. The third-order valence-corrected chi connectivity index (χ3v) is 6.15. The standard InChI is InChI=1S/C24H40O/c1-3-5-20-25-21-24(17-8-6-9-18-24)19-10-7-12-23-15-13-22(11-4-2)14-16-23/h4,6,8-9,11,17,22-23H,3,5,7,10,12-16,18-21H2,1-2H3. The van der Waals surface area contributed by atoms with E-state index < -0.39 is 0 Å². The summed E-state index contributed by atoms with van der Waals surface area (Å²) in [6.07, 6.45) is 28.6. The van der Waals surface area contributed by atoms with Gasteiger partial charge in [0, 0.05) is 12.0 Å². The van der Waals surface area contributed by atoms with Crippen LogP contribution in [0.4, 0.5) is 0 Å². The molecule has 0 spiro atoms. The molecule has 0 N–H and O–H groups in total. The third-order valence-electron chi connectivity index (χ3n) is 6.15. The summed E-state index contributed by atoms with van der Waals surface area (Å²) in [7, 11) is 0. The van der Waals surface area contributed by atoms with Gasteiger partial charge in [-0.05, 0) is 63.7 Å². The van der Waals surface area contributed by atoms with Gasteiger partial charge < -0.3 is 4.74 Å².